The number of carbonyl (C=O) groups is 3. The van der Waals surface area contributed by atoms with Gasteiger partial charge in [-0.3, -0.25) is 4.79 Å². The van der Waals surface area contributed by atoms with Crippen LogP contribution >= 0.6 is 11.8 Å². The van der Waals surface area contributed by atoms with Crippen molar-refractivity contribution in [2.45, 2.75) is 62.4 Å². The van der Waals surface area contributed by atoms with Crippen molar-refractivity contribution >= 4 is 35.7 Å². The Labute approximate surface area is 301 Å². The number of nitrogens with one attached hydrogen (secondary N) is 3. The summed E-state index contributed by atoms with van der Waals surface area (Å²) in [7, 11) is 0. The van der Waals surface area contributed by atoms with Crippen LogP contribution in [-0.4, -0.2) is 58.7 Å². The number of rotatable bonds is 13. The number of anilines is 1. The molecule has 0 saturated carbocycles. The molecule has 0 saturated heterocycles. The maximum absolute atomic E-state index is 13.1. The molecule has 0 unspecified atom stereocenters. The normalized spacial score (nSPS) is 13.1. The van der Waals surface area contributed by atoms with E-state index in [2.05, 4.69) is 64.5 Å². The Morgan fingerprint density at radius 2 is 1.31 bits per heavy atom. The summed E-state index contributed by atoms with van der Waals surface area (Å²) < 4.78 is 31.6. The van der Waals surface area contributed by atoms with E-state index in [4.69, 9.17) is 4.79 Å². The molecule has 4 aromatic carbocycles. The van der Waals surface area contributed by atoms with Gasteiger partial charge in [0.25, 0.3) is 0 Å². The van der Waals surface area contributed by atoms with Gasteiger partial charge in [0, 0.05) is 49.3 Å². The van der Waals surface area contributed by atoms with Crippen LogP contribution in [0.4, 0.5) is 28.4 Å². The van der Waals surface area contributed by atoms with Gasteiger partial charge in [0.15, 0.2) is 0 Å². The molecule has 0 aliphatic heterocycles. The van der Waals surface area contributed by atoms with Crippen molar-refractivity contribution in [3.8, 4) is 0 Å². The zero-order valence-electron chi connectivity index (χ0n) is 29.0. The van der Waals surface area contributed by atoms with Gasteiger partial charge in [-0.2, -0.15) is 0 Å². The van der Waals surface area contributed by atoms with Crippen LogP contribution in [0.1, 0.15) is 43.0 Å². The van der Waals surface area contributed by atoms with E-state index in [-0.39, 0.29) is 17.9 Å². The zero-order chi connectivity index (χ0) is 37.2. The lowest BCUT2D eigenvalue weighted by Gasteiger charge is -2.28. The van der Waals surface area contributed by atoms with Gasteiger partial charge in [0.2, 0.25) is 0 Å². The predicted molar refractivity (Wildman–Crippen MR) is 197 cm³/mol. The molecular formula is C39H45F3N4O4S. The number of halogens is 3. The smallest absolute Gasteiger partial charge is 0.480 e. The van der Waals surface area contributed by atoms with Crippen LogP contribution in [0.25, 0.3) is 0 Å². The summed E-state index contributed by atoms with van der Waals surface area (Å²) in [6, 6.07) is 32.5. The second-order valence-corrected chi connectivity index (χ2v) is 13.9. The lowest BCUT2D eigenvalue weighted by atomic mass is 10.1. The van der Waals surface area contributed by atoms with Gasteiger partial charge >= 0.3 is 18.3 Å². The first-order valence-electron chi connectivity index (χ1n) is 16.6. The fourth-order valence-electron chi connectivity index (χ4n) is 5.32. The van der Waals surface area contributed by atoms with Gasteiger partial charge in [-0.1, -0.05) is 66.7 Å². The SMILES string of the molecule is CCN(C(=O)Nc1ccc(F)cc1)[C@@H]1Cc2ccc(SC(C)(C)C(=O)O)cc2C1.O=C(F)F.c1ccc(CNCCNCc2ccccc2)cc1. The van der Waals surface area contributed by atoms with Crippen LogP contribution < -0.4 is 16.0 Å². The highest BCUT2D eigenvalue weighted by atomic mass is 32.2. The summed E-state index contributed by atoms with van der Waals surface area (Å²) >= 11 is 1.32. The number of carboxylic acid groups (broad SMARTS) is 1. The molecule has 12 heteroatoms. The molecule has 1 aliphatic carbocycles. The summed E-state index contributed by atoms with van der Waals surface area (Å²) in [6.07, 6.45) is -1.35. The molecule has 0 aromatic heterocycles. The van der Waals surface area contributed by atoms with Gasteiger partial charge < -0.3 is 26.0 Å². The van der Waals surface area contributed by atoms with Gasteiger partial charge in [0.05, 0.1) is 0 Å². The number of aliphatic carboxylic acids is 1. The highest BCUT2D eigenvalue weighted by Crippen LogP contribution is 2.36. The first-order valence-corrected chi connectivity index (χ1v) is 17.4. The van der Waals surface area contributed by atoms with E-state index in [9.17, 15) is 27.9 Å². The average Bonchev–Trinajstić information content (AvgIpc) is 3.51. The van der Waals surface area contributed by atoms with Crippen LogP contribution in [-0.2, 0) is 30.7 Å². The largest absolute Gasteiger partial charge is 0.483 e. The third kappa shape index (κ3) is 14.6. The van der Waals surface area contributed by atoms with Crippen LogP contribution in [0.2, 0.25) is 0 Å². The van der Waals surface area contributed by atoms with Gasteiger partial charge in [-0.15, -0.1) is 20.5 Å². The highest BCUT2D eigenvalue weighted by Gasteiger charge is 2.32. The minimum Gasteiger partial charge on any atom is -0.480 e. The van der Waals surface area contributed by atoms with Crippen molar-refractivity contribution in [1.82, 2.24) is 15.5 Å². The van der Waals surface area contributed by atoms with Crippen molar-refractivity contribution in [2.75, 3.05) is 25.0 Å². The maximum Gasteiger partial charge on any atom is 0.483 e. The van der Waals surface area contributed by atoms with E-state index in [1.807, 2.05) is 37.3 Å². The van der Waals surface area contributed by atoms with Gasteiger partial charge in [-0.05, 0) is 92.3 Å². The number of carboxylic acids is 1. The Bertz CT molecular complexity index is 1630. The number of fused-ring (bicyclic) bond motifs is 1. The molecule has 272 valence electrons. The Morgan fingerprint density at radius 1 is 0.804 bits per heavy atom. The average molecular weight is 723 g/mol. The topological polar surface area (TPSA) is 111 Å². The first kappa shape index (κ1) is 40.8. The monoisotopic (exact) mass is 722 g/mol. The third-order valence-electron chi connectivity index (χ3n) is 7.94. The summed E-state index contributed by atoms with van der Waals surface area (Å²) in [5.74, 6) is -1.20. The highest BCUT2D eigenvalue weighted by molar-refractivity contribution is 8.01. The number of nitrogens with zero attached hydrogens (tertiary/aromatic N) is 1. The fourth-order valence-corrected chi connectivity index (χ4v) is 6.34. The van der Waals surface area contributed by atoms with E-state index in [1.54, 1.807) is 18.7 Å². The summed E-state index contributed by atoms with van der Waals surface area (Å²) in [5.41, 5.74) is 5.55. The molecule has 4 aromatic rings. The van der Waals surface area contributed by atoms with Crippen molar-refractivity contribution in [1.29, 1.82) is 0 Å². The number of urea groups is 1. The number of hydrogen-bond acceptors (Lipinski definition) is 6. The van der Waals surface area contributed by atoms with E-state index in [0.29, 0.717) is 12.2 Å². The van der Waals surface area contributed by atoms with Crippen LogP contribution in [0.5, 0.6) is 0 Å². The molecule has 0 spiro atoms. The molecule has 0 fully saturated rings. The predicted octanol–water partition coefficient (Wildman–Crippen LogP) is 8.41. The Kier molecular flexibility index (Phi) is 16.7. The molecule has 8 nitrogen and oxygen atoms in total. The zero-order valence-corrected chi connectivity index (χ0v) is 29.8. The third-order valence-corrected chi connectivity index (χ3v) is 9.11. The van der Waals surface area contributed by atoms with E-state index < -0.39 is 17.0 Å². The molecule has 1 aliphatic rings. The second-order valence-electron chi connectivity index (χ2n) is 12.2. The van der Waals surface area contributed by atoms with E-state index >= 15 is 0 Å². The lowest BCUT2D eigenvalue weighted by Crippen LogP contribution is -2.43. The summed E-state index contributed by atoms with van der Waals surface area (Å²) in [5, 5.41) is 19.0. The van der Waals surface area contributed by atoms with Gasteiger partial charge in [0.1, 0.15) is 10.6 Å². The fraction of sp³-hybridized carbons (Fsp3) is 0.308. The minimum absolute atomic E-state index is 0.0307. The molecule has 5 rings (SSSR count). The molecule has 1 atom stereocenters. The first-order chi connectivity index (χ1) is 24.4. The number of likely N-dealkylation sites (N-methyl/N-ethyl adjacent to an activating group) is 1. The number of amides is 2. The molecule has 0 bridgehead atoms. The standard InChI is InChI=1S/C22H25FN2O3S.C16H20N2.CF2O/c1-4-25(21(28)24-17-8-6-16(23)7-9-17)18-11-14-5-10-19(13-15(14)12-18)29-22(2,3)20(26)27;1-3-7-15(8-4-1)13-17-11-12-18-14-16-9-5-2-6-10-16;2-1(3)4/h5-10,13,18H,4,11-12H2,1-3H3,(H,24,28)(H,26,27);1-10,17-18H,11-14H2;/t18-;;/m1../s1. The van der Waals surface area contributed by atoms with Crippen LogP contribution in [0, 0.1) is 5.82 Å². The van der Waals surface area contributed by atoms with E-state index in [1.165, 1.54) is 52.7 Å². The van der Waals surface area contributed by atoms with Crippen LogP contribution in [0.15, 0.2) is 108 Å². The van der Waals surface area contributed by atoms with Crippen molar-refractivity contribution in [3.63, 3.8) is 0 Å². The number of carbonyl (C=O) groups excluding carboxylic acids is 2. The van der Waals surface area contributed by atoms with Crippen molar-refractivity contribution in [2.24, 2.45) is 0 Å². The van der Waals surface area contributed by atoms with Gasteiger partial charge in [-0.25, -0.2) is 14.0 Å². The number of hydrogen-bond donors (Lipinski definition) is 4. The molecule has 4 N–H and O–H groups in total. The van der Waals surface area contributed by atoms with Crippen LogP contribution in [0.3, 0.4) is 0 Å². The molecule has 51 heavy (non-hydrogen) atoms. The molecule has 2 amide bonds. The van der Waals surface area contributed by atoms with Crippen molar-refractivity contribution in [3.05, 3.63) is 131 Å². The quantitative estimate of drug-likeness (QED) is 0.0623. The molecule has 0 radical (unpaired) electrons. The number of benzene rings is 4. The summed E-state index contributed by atoms with van der Waals surface area (Å²) in [6.45, 7) is 9.72. The minimum atomic E-state index is -2.83. The maximum atomic E-state index is 13.1. The second kappa shape index (κ2) is 20.9. The lowest BCUT2D eigenvalue weighted by molar-refractivity contribution is -0.138. The Hall–Kier alpha value is -4.65. The Balaban J connectivity index is 0.000000271. The molecular weight excluding hydrogens is 678 g/mol. The Morgan fingerprint density at radius 3 is 1.80 bits per heavy atom. The number of thioether (sulfide) groups is 1. The molecule has 0 heterocycles. The summed E-state index contributed by atoms with van der Waals surface area (Å²) in [4.78, 5) is 35.0. The van der Waals surface area contributed by atoms with E-state index in [0.717, 1.165) is 49.5 Å². The van der Waals surface area contributed by atoms with Crippen molar-refractivity contribution < 1.29 is 32.7 Å².